The van der Waals surface area contributed by atoms with Crippen LogP contribution in [0.25, 0.3) is 0 Å². The zero-order chi connectivity index (χ0) is 54.8. The molecule has 0 aliphatic carbocycles. The molecule has 0 aromatic heterocycles. The van der Waals surface area contributed by atoms with E-state index in [1.165, 1.54) is 218 Å². The lowest BCUT2D eigenvalue weighted by molar-refractivity contribution is -0.870. The first kappa shape index (κ1) is 72.2. The van der Waals surface area contributed by atoms with E-state index < -0.39 is 24.3 Å². The van der Waals surface area contributed by atoms with E-state index in [1.54, 1.807) is 0 Å². The normalized spacial score (nSPS) is 13.0. The number of rotatable bonds is 59. The molecule has 9 nitrogen and oxygen atoms in total. The highest BCUT2D eigenvalue weighted by Crippen LogP contribution is 2.18. The second-order valence-corrected chi connectivity index (χ2v) is 22.7. The molecule has 2 atom stereocenters. The first-order valence-corrected chi connectivity index (χ1v) is 31.8. The number of carboxylic acids is 1. The second kappa shape index (κ2) is 57.4. The molecular weight excluding hydrogens is 935 g/mol. The van der Waals surface area contributed by atoms with Crippen molar-refractivity contribution in [3.8, 4) is 0 Å². The quantitative estimate of drug-likeness (QED) is 0.0195. The number of nitrogens with zero attached hydrogens (tertiary/aromatic N) is 1. The first-order chi connectivity index (χ1) is 36.6. The third-order valence-electron chi connectivity index (χ3n) is 14.1. The highest BCUT2D eigenvalue weighted by Gasteiger charge is 2.22. The van der Waals surface area contributed by atoms with Crippen molar-refractivity contribution >= 4 is 17.9 Å². The number of hydrogen-bond acceptors (Lipinski definition) is 8. The Morgan fingerprint density at radius 3 is 1.11 bits per heavy atom. The van der Waals surface area contributed by atoms with E-state index >= 15 is 0 Å². The number of ether oxygens (including phenoxy) is 4. The molecule has 0 aliphatic heterocycles. The third kappa shape index (κ3) is 58.8. The van der Waals surface area contributed by atoms with Gasteiger partial charge in [-0.25, -0.2) is 0 Å². The molecule has 0 bridgehead atoms. The van der Waals surface area contributed by atoms with Crippen LogP contribution in [0, 0.1) is 0 Å². The predicted molar refractivity (Wildman–Crippen MR) is 315 cm³/mol. The van der Waals surface area contributed by atoms with Crippen molar-refractivity contribution in [1.82, 2.24) is 0 Å². The molecule has 0 spiro atoms. The molecule has 75 heavy (non-hydrogen) atoms. The van der Waals surface area contributed by atoms with E-state index in [4.69, 9.17) is 18.9 Å². The van der Waals surface area contributed by atoms with Crippen LogP contribution in [0.15, 0.2) is 48.6 Å². The number of likely N-dealkylation sites (N-methyl/N-ethyl adjacent to an activating group) is 1. The Morgan fingerprint density at radius 1 is 0.413 bits per heavy atom. The van der Waals surface area contributed by atoms with E-state index in [-0.39, 0.29) is 38.6 Å². The Labute approximate surface area is 463 Å². The lowest BCUT2D eigenvalue weighted by atomic mass is 10.0. The van der Waals surface area contributed by atoms with Gasteiger partial charge in [0.25, 0.3) is 0 Å². The maximum absolute atomic E-state index is 12.8. The van der Waals surface area contributed by atoms with Crippen molar-refractivity contribution in [1.29, 1.82) is 0 Å². The zero-order valence-electron chi connectivity index (χ0n) is 49.9. The van der Waals surface area contributed by atoms with E-state index in [2.05, 4.69) is 50.3 Å². The van der Waals surface area contributed by atoms with Crippen molar-refractivity contribution in [3.63, 3.8) is 0 Å². The van der Waals surface area contributed by atoms with E-state index in [0.717, 1.165) is 44.9 Å². The number of unbranched alkanes of at least 4 members (excludes halogenated alkanes) is 36. The SMILES string of the molecule is CC/C=C\C/C=C\C/C=C\C/C=C\CCC(=O)OC(COC(=O)CCCCCCCCCCCCCCCCCCCCCCCCCCCCCCCCCCCCCCC)COC(OCC[N+](C)(C)C)C(=O)[O-]. The Morgan fingerprint density at radius 2 is 0.760 bits per heavy atom. The van der Waals surface area contributed by atoms with Crippen molar-refractivity contribution in [3.05, 3.63) is 48.6 Å². The molecule has 0 heterocycles. The summed E-state index contributed by atoms with van der Waals surface area (Å²) in [6.07, 6.45) is 69.6. The maximum Gasteiger partial charge on any atom is 0.306 e. The van der Waals surface area contributed by atoms with Gasteiger partial charge in [-0.05, 0) is 38.5 Å². The molecule has 0 amide bonds. The molecule has 0 radical (unpaired) electrons. The third-order valence-corrected chi connectivity index (χ3v) is 14.1. The summed E-state index contributed by atoms with van der Waals surface area (Å²) in [7, 11) is 5.90. The molecule has 9 heteroatoms. The average Bonchev–Trinajstić information content (AvgIpc) is 3.38. The molecule has 0 aromatic carbocycles. The van der Waals surface area contributed by atoms with Crippen molar-refractivity contribution in [2.24, 2.45) is 0 Å². The number of carboxylic acid groups (broad SMARTS) is 1. The van der Waals surface area contributed by atoms with Crippen molar-refractivity contribution < 1.29 is 42.9 Å². The molecule has 0 aromatic rings. The molecule has 0 saturated heterocycles. The Kier molecular flexibility index (Phi) is 55.3. The van der Waals surface area contributed by atoms with Crippen LogP contribution in [-0.4, -0.2) is 82.3 Å². The molecule has 0 N–H and O–H groups in total. The van der Waals surface area contributed by atoms with Gasteiger partial charge >= 0.3 is 11.9 Å². The number of hydrogen-bond donors (Lipinski definition) is 0. The number of quaternary nitrogens is 1. The lowest BCUT2D eigenvalue weighted by Gasteiger charge is -2.26. The highest BCUT2D eigenvalue weighted by atomic mass is 16.7. The van der Waals surface area contributed by atoms with E-state index in [1.807, 2.05) is 33.3 Å². The molecular formula is C66H121NO8. The van der Waals surface area contributed by atoms with Gasteiger partial charge in [0, 0.05) is 12.8 Å². The molecule has 0 aliphatic rings. The fraction of sp³-hybridized carbons (Fsp3) is 0.833. The summed E-state index contributed by atoms with van der Waals surface area (Å²) in [4.78, 5) is 37.2. The summed E-state index contributed by atoms with van der Waals surface area (Å²) in [5, 5.41) is 11.7. The number of carbonyl (C=O) groups excluding carboxylic acids is 3. The van der Waals surface area contributed by atoms with Crippen LogP contribution in [0.2, 0.25) is 0 Å². The highest BCUT2D eigenvalue weighted by molar-refractivity contribution is 5.70. The Balaban J connectivity index is 3.94. The largest absolute Gasteiger partial charge is 0.545 e. The number of aliphatic carboxylic acids is 1. The van der Waals surface area contributed by atoms with Gasteiger partial charge in [-0.15, -0.1) is 0 Å². The van der Waals surface area contributed by atoms with Crippen molar-refractivity contribution in [2.45, 2.75) is 309 Å². The first-order valence-electron chi connectivity index (χ1n) is 31.8. The van der Waals surface area contributed by atoms with Gasteiger partial charge < -0.3 is 33.3 Å². The molecule has 2 unspecified atom stereocenters. The Bertz CT molecular complexity index is 1370. The summed E-state index contributed by atoms with van der Waals surface area (Å²) in [5.41, 5.74) is 0. The second-order valence-electron chi connectivity index (χ2n) is 22.7. The summed E-state index contributed by atoms with van der Waals surface area (Å²) in [6.45, 7) is 4.57. The van der Waals surface area contributed by atoms with Gasteiger partial charge in [0.15, 0.2) is 12.4 Å². The Hall–Kier alpha value is -2.75. The smallest absolute Gasteiger partial charge is 0.306 e. The van der Waals surface area contributed by atoms with Gasteiger partial charge in [-0.3, -0.25) is 9.59 Å². The van der Waals surface area contributed by atoms with Crippen LogP contribution in [0.5, 0.6) is 0 Å². The van der Waals surface area contributed by atoms with Crippen LogP contribution in [0.3, 0.4) is 0 Å². The summed E-state index contributed by atoms with van der Waals surface area (Å²) < 4.78 is 22.6. The van der Waals surface area contributed by atoms with Crippen LogP contribution < -0.4 is 5.11 Å². The maximum atomic E-state index is 12.8. The topological polar surface area (TPSA) is 111 Å². The summed E-state index contributed by atoms with van der Waals surface area (Å²) >= 11 is 0. The summed E-state index contributed by atoms with van der Waals surface area (Å²) in [6, 6.07) is 0. The van der Waals surface area contributed by atoms with Crippen LogP contribution >= 0.6 is 0 Å². The number of carbonyl (C=O) groups is 3. The number of allylic oxidation sites excluding steroid dienone is 8. The minimum absolute atomic E-state index is 0.127. The fourth-order valence-corrected chi connectivity index (χ4v) is 9.26. The fourth-order valence-electron chi connectivity index (χ4n) is 9.26. The van der Waals surface area contributed by atoms with Gasteiger partial charge in [-0.2, -0.15) is 0 Å². The van der Waals surface area contributed by atoms with Crippen LogP contribution in [0.1, 0.15) is 296 Å². The van der Waals surface area contributed by atoms with Crippen molar-refractivity contribution in [2.75, 3.05) is 47.5 Å². The zero-order valence-corrected chi connectivity index (χ0v) is 49.9. The van der Waals surface area contributed by atoms with E-state index in [9.17, 15) is 19.5 Å². The lowest BCUT2D eigenvalue weighted by Crippen LogP contribution is -2.44. The summed E-state index contributed by atoms with van der Waals surface area (Å²) in [5.74, 6) is -2.38. The molecule has 0 saturated carbocycles. The van der Waals surface area contributed by atoms with Gasteiger partial charge in [-0.1, -0.05) is 294 Å². The van der Waals surface area contributed by atoms with Crippen LogP contribution in [0.4, 0.5) is 0 Å². The predicted octanol–water partition coefficient (Wildman–Crippen LogP) is 17.7. The van der Waals surface area contributed by atoms with Gasteiger partial charge in [0.2, 0.25) is 0 Å². The minimum Gasteiger partial charge on any atom is -0.545 e. The monoisotopic (exact) mass is 1060 g/mol. The minimum atomic E-state index is -1.64. The average molecular weight is 1060 g/mol. The van der Waals surface area contributed by atoms with Gasteiger partial charge in [0.05, 0.1) is 40.3 Å². The molecule has 0 rings (SSSR count). The standard InChI is InChI=1S/C66H121NO8/c1-6-8-10-12-14-16-18-20-21-22-23-24-25-26-27-28-29-30-31-32-33-34-35-36-37-38-39-40-41-42-43-45-46-48-50-52-54-56-63(68)73-60-62(61-74-66(65(70)71)72-59-58-67(3,4)5)75-64(69)57-55-53-51-49-47-44-19-17-15-13-11-9-7-2/h9,11,15,17,44,47,51,53,62,66H,6-8,10,12-14,16,18-43,45-46,48-50,52,54-61H2,1-5H3/b11-9-,17-15-,47-44-,53-51-. The molecule has 438 valence electrons. The number of esters is 2. The van der Waals surface area contributed by atoms with E-state index in [0.29, 0.717) is 17.4 Å². The molecule has 0 fully saturated rings. The van der Waals surface area contributed by atoms with Gasteiger partial charge in [0.1, 0.15) is 13.2 Å². The van der Waals surface area contributed by atoms with Crippen LogP contribution in [-0.2, 0) is 33.3 Å².